The molecule has 19 heavy (non-hydrogen) atoms. The first-order valence-electron chi connectivity index (χ1n) is 5.91. The van der Waals surface area contributed by atoms with Crippen LogP contribution in [0.25, 0.3) is 0 Å². The highest BCUT2D eigenvalue weighted by atomic mass is 35.5. The molecule has 7 heteroatoms. The lowest BCUT2D eigenvalue weighted by molar-refractivity contribution is 0.0377. The second-order valence-corrected chi connectivity index (χ2v) is 6.50. The van der Waals surface area contributed by atoms with E-state index < -0.39 is 26.3 Å². The van der Waals surface area contributed by atoms with Gasteiger partial charge in [-0.1, -0.05) is 25.4 Å². The number of sulfonamides is 1. The fraction of sp³-hybridized carbons (Fsp3) is 0.500. The predicted molar refractivity (Wildman–Crippen MR) is 72.1 cm³/mol. The fourth-order valence-electron chi connectivity index (χ4n) is 1.50. The third kappa shape index (κ3) is 4.14. The van der Waals surface area contributed by atoms with Gasteiger partial charge in [-0.15, -0.1) is 0 Å². The zero-order valence-corrected chi connectivity index (χ0v) is 12.4. The Kier molecular flexibility index (Phi) is 5.32. The van der Waals surface area contributed by atoms with Crippen molar-refractivity contribution in [2.24, 2.45) is 0 Å². The van der Waals surface area contributed by atoms with Gasteiger partial charge >= 0.3 is 0 Å². The van der Waals surface area contributed by atoms with Crippen molar-refractivity contribution in [3.05, 3.63) is 29.0 Å². The highest BCUT2D eigenvalue weighted by Crippen LogP contribution is 2.20. The molecule has 108 valence electrons. The predicted octanol–water partition coefficient (Wildman–Crippen LogP) is 2.31. The lowest BCUT2D eigenvalue weighted by Crippen LogP contribution is -2.42. The van der Waals surface area contributed by atoms with Gasteiger partial charge in [0, 0.05) is 11.6 Å². The molecule has 1 aromatic rings. The van der Waals surface area contributed by atoms with E-state index in [4.69, 9.17) is 11.6 Å². The van der Waals surface area contributed by atoms with Crippen LogP contribution in [-0.4, -0.2) is 25.7 Å². The van der Waals surface area contributed by atoms with Crippen molar-refractivity contribution in [2.75, 3.05) is 6.54 Å². The topological polar surface area (TPSA) is 66.4 Å². The Morgan fingerprint density at radius 1 is 1.37 bits per heavy atom. The number of rotatable bonds is 6. The maximum Gasteiger partial charge on any atom is 0.243 e. The molecule has 0 saturated heterocycles. The van der Waals surface area contributed by atoms with Gasteiger partial charge in [-0.05, 0) is 31.0 Å². The van der Waals surface area contributed by atoms with E-state index in [1.54, 1.807) is 13.8 Å². The van der Waals surface area contributed by atoms with E-state index in [0.717, 1.165) is 12.1 Å². The van der Waals surface area contributed by atoms with Gasteiger partial charge < -0.3 is 5.11 Å². The van der Waals surface area contributed by atoms with Crippen LogP contribution in [0.1, 0.15) is 26.7 Å². The molecular formula is C12H17ClFNO3S. The number of nitrogens with one attached hydrogen (secondary N) is 1. The minimum Gasteiger partial charge on any atom is -0.389 e. The molecule has 0 saturated carbocycles. The summed E-state index contributed by atoms with van der Waals surface area (Å²) in [6, 6.07) is 3.32. The largest absolute Gasteiger partial charge is 0.389 e. The lowest BCUT2D eigenvalue weighted by atomic mass is 9.98. The van der Waals surface area contributed by atoms with E-state index in [1.807, 2.05) is 0 Å². The van der Waals surface area contributed by atoms with Gasteiger partial charge in [0.25, 0.3) is 0 Å². The minimum atomic E-state index is -4.00. The zero-order valence-electron chi connectivity index (χ0n) is 10.8. The third-order valence-corrected chi connectivity index (χ3v) is 4.76. The minimum absolute atomic E-state index is 0.120. The Labute approximate surface area is 117 Å². The van der Waals surface area contributed by atoms with E-state index in [-0.39, 0.29) is 11.6 Å². The molecule has 0 bridgehead atoms. The van der Waals surface area contributed by atoms with Gasteiger partial charge in [-0.2, -0.15) is 0 Å². The molecule has 0 radical (unpaired) electrons. The van der Waals surface area contributed by atoms with Crippen LogP contribution in [0.15, 0.2) is 23.1 Å². The molecule has 1 rings (SSSR count). The Morgan fingerprint density at radius 3 is 2.42 bits per heavy atom. The SMILES string of the molecule is CCC(O)(CC)CNS(=O)(=O)c1ccc(Cl)cc1F. The molecular weight excluding hydrogens is 293 g/mol. The molecule has 0 atom stereocenters. The van der Waals surface area contributed by atoms with Gasteiger partial charge in [-0.25, -0.2) is 17.5 Å². The van der Waals surface area contributed by atoms with Crippen LogP contribution in [-0.2, 0) is 10.0 Å². The summed E-state index contributed by atoms with van der Waals surface area (Å²) in [7, 11) is -4.00. The van der Waals surface area contributed by atoms with Crippen molar-refractivity contribution in [3.8, 4) is 0 Å². The van der Waals surface area contributed by atoms with E-state index in [2.05, 4.69) is 4.72 Å². The monoisotopic (exact) mass is 309 g/mol. The summed E-state index contributed by atoms with van der Waals surface area (Å²) >= 11 is 5.57. The normalized spacial score (nSPS) is 12.7. The standard InChI is InChI=1S/C12H17ClFNO3S/c1-3-12(16,4-2)8-15-19(17,18)11-6-5-9(13)7-10(11)14/h5-7,15-16H,3-4,8H2,1-2H3. The molecule has 0 unspecified atom stereocenters. The molecule has 0 aliphatic heterocycles. The quantitative estimate of drug-likeness (QED) is 0.847. The highest BCUT2D eigenvalue weighted by Gasteiger charge is 2.26. The van der Waals surface area contributed by atoms with Gasteiger partial charge in [0.2, 0.25) is 10.0 Å². The first kappa shape index (κ1) is 16.4. The number of halogens is 2. The van der Waals surface area contributed by atoms with Crippen molar-refractivity contribution in [1.29, 1.82) is 0 Å². The first-order chi connectivity index (χ1) is 8.74. The second kappa shape index (κ2) is 6.17. The zero-order chi connectivity index (χ0) is 14.7. The summed E-state index contributed by atoms with van der Waals surface area (Å²) < 4.78 is 39.7. The third-order valence-electron chi connectivity index (χ3n) is 3.09. The molecule has 0 aliphatic carbocycles. The van der Waals surface area contributed by atoms with Crippen LogP contribution >= 0.6 is 11.6 Å². The molecule has 0 amide bonds. The Balaban J connectivity index is 2.93. The van der Waals surface area contributed by atoms with E-state index in [0.29, 0.717) is 12.8 Å². The number of benzene rings is 1. The van der Waals surface area contributed by atoms with Gasteiger partial charge in [-0.3, -0.25) is 0 Å². The van der Waals surface area contributed by atoms with Crippen LogP contribution in [0.2, 0.25) is 5.02 Å². The van der Waals surface area contributed by atoms with E-state index in [1.165, 1.54) is 6.07 Å². The van der Waals surface area contributed by atoms with Crippen LogP contribution in [0.5, 0.6) is 0 Å². The van der Waals surface area contributed by atoms with E-state index >= 15 is 0 Å². The van der Waals surface area contributed by atoms with Crippen molar-refractivity contribution in [3.63, 3.8) is 0 Å². The molecule has 0 heterocycles. The summed E-state index contributed by atoms with van der Waals surface area (Å²) in [6.07, 6.45) is 0.796. The summed E-state index contributed by atoms with van der Waals surface area (Å²) in [4.78, 5) is -0.480. The maximum absolute atomic E-state index is 13.6. The Morgan fingerprint density at radius 2 is 1.95 bits per heavy atom. The first-order valence-corrected chi connectivity index (χ1v) is 7.77. The van der Waals surface area contributed by atoms with Crippen molar-refractivity contribution < 1.29 is 17.9 Å². The molecule has 0 aliphatic rings. The molecule has 2 N–H and O–H groups in total. The van der Waals surface area contributed by atoms with Crippen LogP contribution in [0.4, 0.5) is 4.39 Å². The molecule has 4 nitrogen and oxygen atoms in total. The number of hydrogen-bond donors (Lipinski definition) is 2. The van der Waals surface area contributed by atoms with Crippen LogP contribution < -0.4 is 4.72 Å². The van der Waals surface area contributed by atoms with Gasteiger partial charge in [0.1, 0.15) is 10.7 Å². The fourth-order valence-corrected chi connectivity index (χ4v) is 2.84. The maximum atomic E-state index is 13.6. The molecule has 0 aromatic heterocycles. The van der Waals surface area contributed by atoms with Crippen molar-refractivity contribution in [1.82, 2.24) is 4.72 Å². The van der Waals surface area contributed by atoms with Gasteiger partial charge in [0.05, 0.1) is 5.60 Å². The second-order valence-electron chi connectivity index (χ2n) is 4.33. The molecule has 1 aromatic carbocycles. The van der Waals surface area contributed by atoms with Crippen molar-refractivity contribution >= 4 is 21.6 Å². The van der Waals surface area contributed by atoms with Gasteiger partial charge in [0.15, 0.2) is 0 Å². The van der Waals surface area contributed by atoms with Crippen LogP contribution in [0.3, 0.4) is 0 Å². The average molecular weight is 310 g/mol. The lowest BCUT2D eigenvalue weighted by Gasteiger charge is -2.25. The number of hydrogen-bond acceptors (Lipinski definition) is 3. The number of aliphatic hydroxyl groups is 1. The smallest absolute Gasteiger partial charge is 0.243 e. The molecule has 0 fully saturated rings. The average Bonchev–Trinajstić information content (AvgIpc) is 2.35. The van der Waals surface area contributed by atoms with Crippen LogP contribution in [0, 0.1) is 5.82 Å². The summed E-state index contributed by atoms with van der Waals surface area (Å²) in [5.41, 5.74) is -1.13. The summed E-state index contributed by atoms with van der Waals surface area (Å²) in [5.74, 6) is -0.920. The van der Waals surface area contributed by atoms with E-state index in [9.17, 15) is 17.9 Å². The highest BCUT2D eigenvalue weighted by molar-refractivity contribution is 7.89. The Hall–Kier alpha value is -0.690. The summed E-state index contributed by atoms with van der Waals surface area (Å²) in [6.45, 7) is 3.34. The van der Waals surface area contributed by atoms with Crippen molar-refractivity contribution in [2.45, 2.75) is 37.2 Å². The summed E-state index contributed by atoms with van der Waals surface area (Å²) in [5, 5.41) is 10.1. The molecule has 0 spiro atoms. The Bertz CT molecular complexity index is 544.